The van der Waals surface area contributed by atoms with Crippen LogP contribution < -0.4 is 16.0 Å². The van der Waals surface area contributed by atoms with Crippen LogP contribution in [0.5, 0.6) is 0 Å². The van der Waals surface area contributed by atoms with Gasteiger partial charge in [0.15, 0.2) is 0 Å². The van der Waals surface area contributed by atoms with Gasteiger partial charge in [-0.25, -0.2) is 4.39 Å². The summed E-state index contributed by atoms with van der Waals surface area (Å²) in [5, 5.41) is 27.7. The minimum Gasteiger partial charge on any atom is -0.394 e. The Morgan fingerprint density at radius 2 is 2.06 bits per heavy atom. The summed E-state index contributed by atoms with van der Waals surface area (Å²) in [4.78, 5) is 26.8. The molecule has 0 saturated carbocycles. The SMILES string of the molecule is CC1N[C@@H](C(=O)NCCC(O)CO)[C@H](c2cccc(Cl)c2)[C@@]12C(=O)Nc1cc(Cl)c(F)cc12. The van der Waals surface area contributed by atoms with Crippen LogP contribution in [0, 0.1) is 5.82 Å². The van der Waals surface area contributed by atoms with Gasteiger partial charge in [-0.3, -0.25) is 9.59 Å². The van der Waals surface area contributed by atoms with Crippen molar-refractivity contribution in [2.45, 2.75) is 42.9 Å². The van der Waals surface area contributed by atoms with E-state index in [-0.39, 0.29) is 29.8 Å². The molecule has 0 aromatic heterocycles. The summed E-state index contributed by atoms with van der Waals surface area (Å²) in [5.74, 6) is -2.12. The molecule has 10 heteroatoms. The van der Waals surface area contributed by atoms with E-state index >= 15 is 0 Å². The number of amides is 2. The van der Waals surface area contributed by atoms with Gasteiger partial charge in [-0.1, -0.05) is 35.3 Å². The average molecular weight is 496 g/mol. The van der Waals surface area contributed by atoms with Crippen molar-refractivity contribution in [2.75, 3.05) is 18.5 Å². The molecule has 2 heterocycles. The summed E-state index contributed by atoms with van der Waals surface area (Å²) in [5.41, 5.74) is 0.177. The molecule has 2 aliphatic heterocycles. The van der Waals surface area contributed by atoms with Gasteiger partial charge in [-0.2, -0.15) is 0 Å². The van der Waals surface area contributed by atoms with Crippen LogP contribution in [0.2, 0.25) is 10.0 Å². The van der Waals surface area contributed by atoms with E-state index in [1.807, 2.05) is 0 Å². The topological polar surface area (TPSA) is 111 Å². The van der Waals surface area contributed by atoms with Crippen LogP contribution in [0.4, 0.5) is 10.1 Å². The summed E-state index contributed by atoms with van der Waals surface area (Å²) in [6.45, 7) is 1.50. The second-order valence-electron chi connectivity index (χ2n) is 8.45. The molecule has 0 radical (unpaired) electrons. The third-order valence-electron chi connectivity index (χ3n) is 6.54. The number of anilines is 1. The van der Waals surface area contributed by atoms with Crippen LogP contribution >= 0.6 is 23.2 Å². The fraction of sp³-hybridized carbons (Fsp3) is 0.391. The second kappa shape index (κ2) is 9.19. The molecule has 0 aliphatic carbocycles. The van der Waals surface area contributed by atoms with Crippen LogP contribution in [0.15, 0.2) is 36.4 Å². The molecule has 2 aromatic carbocycles. The van der Waals surface area contributed by atoms with Gasteiger partial charge in [0.2, 0.25) is 11.8 Å². The number of hydrogen-bond donors (Lipinski definition) is 5. The van der Waals surface area contributed by atoms with Crippen molar-refractivity contribution in [1.82, 2.24) is 10.6 Å². The van der Waals surface area contributed by atoms with Gasteiger partial charge >= 0.3 is 0 Å². The molecule has 5 N–H and O–H groups in total. The Morgan fingerprint density at radius 3 is 2.76 bits per heavy atom. The predicted octanol–water partition coefficient (Wildman–Crippen LogP) is 2.33. The molecule has 176 valence electrons. The maximum absolute atomic E-state index is 14.6. The van der Waals surface area contributed by atoms with Gasteiger partial charge in [-0.15, -0.1) is 0 Å². The Bertz CT molecular complexity index is 1100. The van der Waals surface area contributed by atoms with Crippen LogP contribution in [0.25, 0.3) is 0 Å². The standard InChI is InChI=1S/C23H24Cl2FN3O4/c1-11-23(15-8-17(26)16(25)9-18(15)29-22(23)33)19(12-3-2-4-13(24)7-12)20(28-11)21(32)27-6-5-14(31)10-30/h2-4,7-9,11,14,19-20,28,30-31H,5-6,10H2,1H3,(H,27,32)(H,29,33)/t11?,14?,19-,20+,23+/m0/s1. The minimum atomic E-state index is -1.29. The highest BCUT2D eigenvalue weighted by molar-refractivity contribution is 6.31. The second-order valence-corrected chi connectivity index (χ2v) is 9.29. The van der Waals surface area contributed by atoms with Gasteiger partial charge in [0.1, 0.15) is 11.2 Å². The van der Waals surface area contributed by atoms with Crippen molar-refractivity contribution >= 4 is 40.7 Å². The lowest BCUT2D eigenvalue weighted by Gasteiger charge is -2.34. The highest BCUT2D eigenvalue weighted by Gasteiger charge is 2.64. The molecule has 2 aromatic rings. The third kappa shape index (κ3) is 4.00. The summed E-state index contributed by atoms with van der Waals surface area (Å²) in [6, 6.07) is 8.15. The first-order valence-corrected chi connectivity index (χ1v) is 11.3. The first-order valence-electron chi connectivity index (χ1n) is 10.6. The minimum absolute atomic E-state index is 0.110. The van der Waals surface area contributed by atoms with Gasteiger partial charge < -0.3 is 26.2 Å². The largest absolute Gasteiger partial charge is 0.394 e. The molecule has 2 unspecified atom stereocenters. The van der Waals surface area contributed by atoms with E-state index in [9.17, 15) is 19.1 Å². The fourth-order valence-electron chi connectivity index (χ4n) is 5.05. The number of halogens is 3. The number of carbonyl (C=O) groups excluding carboxylic acids is 2. The van der Waals surface area contributed by atoms with Crippen molar-refractivity contribution in [3.8, 4) is 0 Å². The Balaban J connectivity index is 1.80. The number of aliphatic hydroxyl groups is 2. The number of nitrogens with one attached hydrogen (secondary N) is 3. The van der Waals surface area contributed by atoms with Crippen LogP contribution in [0.3, 0.4) is 0 Å². The van der Waals surface area contributed by atoms with E-state index in [4.69, 9.17) is 28.3 Å². The van der Waals surface area contributed by atoms with Crippen molar-refractivity contribution < 1.29 is 24.2 Å². The Kier molecular flexibility index (Phi) is 6.66. The zero-order valence-corrected chi connectivity index (χ0v) is 19.3. The number of aliphatic hydroxyl groups excluding tert-OH is 2. The normalized spacial score (nSPS) is 26.8. The molecular weight excluding hydrogens is 472 g/mol. The number of carbonyl (C=O) groups is 2. The first-order chi connectivity index (χ1) is 15.7. The smallest absolute Gasteiger partial charge is 0.237 e. The Hall–Kier alpha value is -2.23. The molecule has 7 nitrogen and oxygen atoms in total. The molecular formula is C23H24Cl2FN3O4. The Labute approximate surface area is 200 Å². The number of rotatable bonds is 6. The molecule has 1 saturated heterocycles. The van der Waals surface area contributed by atoms with E-state index < -0.39 is 41.9 Å². The molecule has 4 rings (SSSR count). The van der Waals surface area contributed by atoms with E-state index in [1.54, 1.807) is 31.2 Å². The lowest BCUT2D eigenvalue weighted by molar-refractivity contribution is -0.123. The highest BCUT2D eigenvalue weighted by atomic mass is 35.5. The van der Waals surface area contributed by atoms with Crippen LogP contribution in [-0.2, 0) is 15.0 Å². The lowest BCUT2D eigenvalue weighted by atomic mass is 9.65. The molecule has 0 bridgehead atoms. The van der Waals surface area contributed by atoms with Gasteiger partial charge in [-0.05, 0) is 48.7 Å². The van der Waals surface area contributed by atoms with Crippen LogP contribution in [0.1, 0.15) is 30.4 Å². The van der Waals surface area contributed by atoms with Crippen molar-refractivity contribution in [1.29, 1.82) is 0 Å². The predicted molar refractivity (Wildman–Crippen MR) is 123 cm³/mol. The lowest BCUT2D eigenvalue weighted by Crippen LogP contribution is -2.47. The first kappa shape index (κ1) is 23.9. The molecule has 33 heavy (non-hydrogen) atoms. The van der Waals surface area contributed by atoms with Crippen molar-refractivity contribution in [3.63, 3.8) is 0 Å². The van der Waals surface area contributed by atoms with E-state index in [0.717, 1.165) is 0 Å². The van der Waals surface area contributed by atoms with Gasteiger partial charge in [0, 0.05) is 29.2 Å². The number of fused-ring (bicyclic) bond motifs is 2. The number of benzene rings is 2. The highest BCUT2D eigenvalue weighted by Crippen LogP contribution is 2.55. The summed E-state index contributed by atoms with van der Waals surface area (Å²) in [7, 11) is 0. The zero-order chi connectivity index (χ0) is 23.9. The quantitative estimate of drug-likeness (QED) is 0.422. The maximum Gasteiger partial charge on any atom is 0.237 e. The van der Waals surface area contributed by atoms with E-state index in [1.165, 1.54) is 12.1 Å². The van der Waals surface area contributed by atoms with E-state index in [0.29, 0.717) is 21.8 Å². The third-order valence-corrected chi connectivity index (χ3v) is 7.07. The molecule has 2 amide bonds. The van der Waals surface area contributed by atoms with Crippen LogP contribution in [-0.4, -0.2) is 53.4 Å². The monoisotopic (exact) mass is 495 g/mol. The van der Waals surface area contributed by atoms with Crippen molar-refractivity contribution in [3.05, 3.63) is 63.4 Å². The summed E-state index contributed by atoms with van der Waals surface area (Å²) in [6.07, 6.45) is -0.777. The Morgan fingerprint density at radius 1 is 1.30 bits per heavy atom. The molecule has 5 atom stereocenters. The zero-order valence-electron chi connectivity index (χ0n) is 17.7. The molecule has 1 fully saturated rings. The molecule has 2 aliphatic rings. The summed E-state index contributed by atoms with van der Waals surface area (Å²) >= 11 is 12.2. The van der Waals surface area contributed by atoms with E-state index in [2.05, 4.69) is 16.0 Å². The van der Waals surface area contributed by atoms with Gasteiger partial charge in [0.05, 0.1) is 23.8 Å². The average Bonchev–Trinajstić information content (AvgIpc) is 3.23. The van der Waals surface area contributed by atoms with Crippen molar-refractivity contribution in [2.24, 2.45) is 0 Å². The van der Waals surface area contributed by atoms with Gasteiger partial charge in [0.25, 0.3) is 0 Å². The molecule has 1 spiro atoms. The summed E-state index contributed by atoms with van der Waals surface area (Å²) < 4.78 is 14.6. The fourth-order valence-corrected chi connectivity index (χ4v) is 5.42. The number of hydrogen-bond acceptors (Lipinski definition) is 5. The maximum atomic E-state index is 14.6.